The second kappa shape index (κ2) is 8.03. The van der Waals surface area contributed by atoms with Crippen LogP contribution >= 0.6 is 0 Å². The largest absolute Gasteiger partial charge is 0.469 e. The van der Waals surface area contributed by atoms with E-state index in [0.717, 1.165) is 50.5 Å². The van der Waals surface area contributed by atoms with Crippen molar-refractivity contribution in [2.24, 2.45) is 33.0 Å². The summed E-state index contributed by atoms with van der Waals surface area (Å²) in [4.78, 5) is 39.0. The van der Waals surface area contributed by atoms with E-state index in [1.165, 1.54) is 24.8 Å². The van der Waals surface area contributed by atoms with Crippen molar-refractivity contribution < 1.29 is 19.1 Å². The van der Waals surface area contributed by atoms with Crippen molar-refractivity contribution in [3.63, 3.8) is 0 Å². The Bertz CT molecular complexity index is 1590. The van der Waals surface area contributed by atoms with Gasteiger partial charge in [-0.05, 0) is 97.3 Å². The Morgan fingerprint density at radius 3 is 2.30 bits per heavy atom. The normalized spacial score (nSPS) is 39.2. The topological polar surface area (TPSA) is 108 Å². The Kier molecular flexibility index (Phi) is 5.36. The third-order valence-electron chi connectivity index (χ3n) is 12.5. The number of carbonyl (C=O) groups is 3. The molecule has 1 aromatic rings. The Hall–Kier alpha value is -3.51. The maximum absolute atomic E-state index is 13.0. The first-order valence-electron chi connectivity index (χ1n) is 14.4. The monoisotopic (exact) mass is 536 g/mol. The molecule has 0 saturated heterocycles. The van der Waals surface area contributed by atoms with Gasteiger partial charge in [0.1, 0.15) is 12.1 Å². The fourth-order valence-electron chi connectivity index (χ4n) is 9.72. The highest BCUT2D eigenvalue weighted by Gasteiger charge is 2.67. The smallest absolute Gasteiger partial charge is 0.311 e. The number of allylic oxidation sites excluding steroid dienone is 3. The number of hydrogen-bond donors (Lipinski definition) is 0. The number of hydrogen-bond acceptors (Lipinski definition) is 6. The minimum Gasteiger partial charge on any atom is -0.469 e. The second-order valence-corrected chi connectivity index (χ2v) is 14.2. The number of methoxy groups -OCH3 is 1. The van der Waals surface area contributed by atoms with Crippen LogP contribution in [0, 0.1) is 55.7 Å². The molecule has 6 heteroatoms. The van der Waals surface area contributed by atoms with Crippen molar-refractivity contribution in [3.8, 4) is 12.1 Å². The standard InChI is InChI=1S/C34H36N2O4/c1-30-7-8-31(2,29(39)40-6)16-26(30)34(5)12-10-32(3)23-15-24(37)28(38)21-13-19(17-35)22(18-36)20(27(21)23)14-25(32)33(34,4)11-9-30/h13-15,26H,7-12,16H2,1-6H3/t26-,30-,31-,32-,33-,34-/m1/s1. The summed E-state index contributed by atoms with van der Waals surface area (Å²) in [6.07, 6.45) is 9.85. The first-order chi connectivity index (χ1) is 18.7. The molecule has 0 aromatic heterocycles. The van der Waals surface area contributed by atoms with Crippen LogP contribution < -0.4 is 0 Å². The molecule has 3 saturated carbocycles. The van der Waals surface area contributed by atoms with Crippen LogP contribution in [0.25, 0.3) is 11.6 Å². The quantitative estimate of drug-likeness (QED) is 0.297. The number of ketones is 2. The summed E-state index contributed by atoms with van der Waals surface area (Å²) in [7, 11) is 1.48. The van der Waals surface area contributed by atoms with E-state index in [2.05, 4.69) is 52.8 Å². The van der Waals surface area contributed by atoms with Crippen molar-refractivity contribution in [3.05, 3.63) is 45.5 Å². The lowest BCUT2D eigenvalue weighted by molar-refractivity contribution is -0.179. The van der Waals surface area contributed by atoms with Crippen molar-refractivity contribution in [2.75, 3.05) is 7.11 Å². The molecule has 0 spiro atoms. The lowest BCUT2D eigenvalue weighted by Gasteiger charge is -2.70. The van der Waals surface area contributed by atoms with Gasteiger partial charge in [0.05, 0.1) is 23.7 Å². The van der Waals surface area contributed by atoms with Gasteiger partial charge in [-0.25, -0.2) is 0 Å². The molecule has 0 amide bonds. The fraction of sp³-hybridized carbons (Fsp3) is 0.559. The average Bonchev–Trinajstić information content (AvgIpc) is 2.93. The number of benzene rings is 1. The van der Waals surface area contributed by atoms with E-state index in [4.69, 9.17) is 4.74 Å². The van der Waals surface area contributed by atoms with E-state index in [1.807, 2.05) is 0 Å². The fourth-order valence-corrected chi connectivity index (χ4v) is 9.72. The zero-order chi connectivity index (χ0) is 29.0. The van der Waals surface area contributed by atoms with Crippen LogP contribution in [-0.4, -0.2) is 24.6 Å². The number of carbonyl (C=O) groups excluding carboxylic acids is 3. The number of nitrogens with zero attached hydrogens (tertiary/aromatic N) is 2. The number of esters is 1. The Morgan fingerprint density at radius 2 is 1.65 bits per heavy atom. The second-order valence-electron chi connectivity index (χ2n) is 14.2. The summed E-state index contributed by atoms with van der Waals surface area (Å²) in [5, 5.41) is 20.0. The average molecular weight is 537 g/mol. The van der Waals surface area contributed by atoms with Crippen LogP contribution in [0.15, 0.2) is 17.7 Å². The SMILES string of the molecule is COC(=O)[C@]1(C)CC[C@]2(C)CC[C@]3(C)C4=Cc5c(C#N)c(C#N)cc6c5C(=CC(=O)C6=O)[C@@]4(C)CC[C@]3(C)[C@@H]2C1. The summed E-state index contributed by atoms with van der Waals surface area (Å²) in [5.74, 6) is -1.04. The van der Waals surface area contributed by atoms with Crippen LogP contribution in [0.4, 0.5) is 0 Å². The maximum atomic E-state index is 13.0. The molecule has 6 nitrogen and oxygen atoms in total. The molecule has 0 N–H and O–H groups in total. The number of fused-ring (bicyclic) bond motifs is 6. The minimum absolute atomic E-state index is 0.105. The molecule has 206 valence electrons. The molecule has 5 aliphatic carbocycles. The zero-order valence-corrected chi connectivity index (χ0v) is 24.3. The third kappa shape index (κ3) is 3.00. The molecule has 40 heavy (non-hydrogen) atoms. The van der Waals surface area contributed by atoms with E-state index in [0.29, 0.717) is 11.1 Å². The van der Waals surface area contributed by atoms with Crippen molar-refractivity contribution in [1.82, 2.24) is 0 Å². The Balaban J connectivity index is 1.60. The summed E-state index contributed by atoms with van der Waals surface area (Å²) in [5.41, 5.74) is 2.52. The molecule has 5 aliphatic rings. The highest BCUT2D eigenvalue weighted by atomic mass is 16.5. The van der Waals surface area contributed by atoms with Gasteiger partial charge in [-0.3, -0.25) is 14.4 Å². The van der Waals surface area contributed by atoms with Crippen molar-refractivity contribution >= 4 is 29.2 Å². The van der Waals surface area contributed by atoms with Gasteiger partial charge in [0.2, 0.25) is 11.6 Å². The maximum Gasteiger partial charge on any atom is 0.311 e. The molecule has 6 rings (SSSR count). The molecule has 1 aromatic carbocycles. The molecule has 0 unspecified atom stereocenters. The van der Waals surface area contributed by atoms with E-state index < -0.39 is 22.4 Å². The molecule has 0 aliphatic heterocycles. The Labute approximate surface area is 236 Å². The molecular formula is C34H36N2O4. The highest BCUT2D eigenvalue weighted by Crippen LogP contribution is 2.76. The van der Waals surface area contributed by atoms with Crippen LogP contribution in [0.3, 0.4) is 0 Å². The molecular weight excluding hydrogens is 500 g/mol. The predicted octanol–water partition coefficient (Wildman–Crippen LogP) is 6.57. The van der Waals surface area contributed by atoms with Crippen LogP contribution in [0.1, 0.15) is 112 Å². The van der Waals surface area contributed by atoms with Crippen LogP contribution in [0.5, 0.6) is 0 Å². The van der Waals surface area contributed by atoms with E-state index in [-0.39, 0.29) is 44.8 Å². The van der Waals surface area contributed by atoms with Crippen molar-refractivity contribution in [1.29, 1.82) is 10.5 Å². The van der Waals surface area contributed by atoms with Crippen molar-refractivity contribution in [2.45, 2.75) is 79.6 Å². The van der Waals surface area contributed by atoms with Gasteiger partial charge in [0.25, 0.3) is 0 Å². The zero-order valence-electron chi connectivity index (χ0n) is 24.3. The lowest BCUT2D eigenvalue weighted by Crippen LogP contribution is -2.62. The number of Topliss-reactive ketones (excluding diaryl/α,β-unsaturated/α-hetero) is 1. The van der Waals surface area contributed by atoms with Gasteiger partial charge < -0.3 is 4.74 Å². The van der Waals surface area contributed by atoms with Gasteiger partial charge in [-0.15, -0.1) is 0 Å². The van der Waals surface area contributed by atoms with Crippen LogP contribution in [-0.2, 0) is 14.3 Å². The predicted molar refractivity (Wildman–Crippen MR) is 150 cm³/mol. The Morgan fingerprint density at radius 1 is 0.950 bits per heavy atom. The van der Waals surface area contributed by atoms with E-state index in [1.54, 1.807) is 0 Å². The molecule has 3 fully saturated rings. The van der Waals surface area contributed by atoms with E-state index >= 15 is 0 Å². The number of rotatable bonds is 1. The van der Waals surface area contributed by atoms with Crippen LogP contribution in [0.2, 0.25) is 0 Å². The number of ether oxygens (including phenoxy) is 1. The minimum atomic E-state index is -0.619. The lowest BCUT2D eigenvalue weighted by atomic mass is 9.34. The molecule has 6 atom stereocenters. The van der Waals surface area contributed by atoms with Gasteiger partial charge in [-0.2, -0.15) is 10.5 Å². The summed E-state index contributed by atoms with van der Waals surface area (Å²) >= 11 is 0. The van der Waals surface area contributed by atoms with Gasteiger partial charge in [0, 0.05) is 16.5 Å². The molecule has 0 heterocycles. The number of nitriles is 2. The van der Waals surface area contributed by atoms with E-state index in [9.17, 15) is 24.9 Å². The molecule has 0 radical (unpaired) electrons. The molecule has 0 bridgehead atoms. The van der Waals surface area contributed by atoms with Gasteiger partial charge >= 0.3 is 5.97 Å². The first kappa shape index (κ1) is 26.7. The summed E-state index contributed by atoms with van der Waals surface area (Å²) in [6, 6.07) is 5.76. The summed E-state index contributed by atoms with van der Waals surface area (Å²) in [6.45, 7) is 11.4. The highest BCUT2D eigenvalue weighted by molar-refractivity contribution is 6.51. The van der Waals surface area contributed by atoms with Gasteiger partial charge in [0.15, 0.2) is 0 Å². The van der Waals surface area contributed by atoms with Gasteiger partial charge in [-0.1, -0.05) is 39.3 Å². The summed E-state index contributed by atoms with van der Waals surface area (Å²) < 4.78 is 5.28. The first-order valence-corrected chi connectivity index (χ1v) is 14.4. The third-order valence-corrected chi connectivity index (χ3v) is 12.5.